The Balaban J connectivity index is 1.29. The highest BCUT2D eigenvalue weighted by molar-refractivity contribution is 6.00. The fourth-order valence-electron chi connectivity index (χ4n) is 4.92. The van der Waals surface area contributed by atoms with Crippen LogP contribution in [0, 0.1) is 0 Å². The molecule has 2 fully saturated rings. The summed E-state index contributed by atoms with van der Waals surface area (Å²) in [4.78, 5) is 36.4. The van der Waals surface area contributed by atoms with Gasteiger partial charge in [-0.3, -0.25) is 9.59 Å². The second-order valence-electron chi connectivity index (χ2n) is 11.0. The van der Waals surface area contributed by atoms with E-state index in [1.54, 1.807) is 15.5 Å². The van der Waals surface area contributed by atoms with Gasteiger partial charge in [-0.15, -0.1) is 0 Å². The van der Waals surface area contributed by atoms with E-state index in [2.05, 4.69) is 34.9 Å². The number of fused-ring (bicyclic) bond motifs is 1. The maximum Gasteiger partial charge on any atom is 0.247 e. The SMILES string of the molecule is CC(C)=CC(=O)N1CCC1C(=O)Nc1cccc(CNc2nc(NC3CCOCC3)nc3c(C(C)C)cnn23)c1. The number of carbonyl (C=O) groups is 2. The lowest BCUT2D eigenvalue weighted by Gasteiger charge is -2.39. The molecule has 212 valence electrons. The van der Waals surface area contributed by atoms with Gasteiger partial charge in [0, 0.05) is 49.7 Å². The molecule has 2 aromatic heterocycles. The minimum absolute atomic E-state index is 0.120. The first-order chi connectivity index (χ1) is 19.3. The minimum atomic E-state index is -0.448. The van der Waals surface area contributed by atoms with Crippen LogP contribution in [0.5, 0.6) is 0 Å². The minimum Gasteiger partial charge on any atom is -0.381 e. The standard InChI is InChI=1S/C29H38N8O3/c1-18(2)14-25(38)36-11-8-24(36)27(39)32-22-7-5-6-20(15-22)16-30-29-35-28(33-21-9-12-40-13-10-21)34-26-23(19(3)4)17-31-37(26)29/h5-7,14-15,17,19,21,24H,8-13,16H2,1-4H3,(H,32,39)(H2,30,33,34,35). The third kappa shape index (κ3) is 6.25. The Bertz CT molecular complexity index is 1410. The second-order valence-corrected chi connectivity index (χ2v) is 11.0. The van der Waals surface area contributed by atoms with Crippen LogP contribution in [0.15, 0.2) is 42.1 Å². The van der Waals surface area contributed by atoms with Gasteiger partial charge in [-0.2, -0.15) is 19.6 Å². The van der Waals surface area contributed by atoms with Crippen molar-refractivity contribution in [3.05, 3.63) is 53.2 Å². The highest BCUT2D eigenvalue weighted by Crippen LogP contribution is 2.24. The Morgan fingerprint density at radius 2 is 1.95 bits per heavy atom. The number of benzene rings is 1. The molecule has 3 N–H and O–H groups in total. The zero-order valence-electron chi connectivity index (χ0n) is 23.6. The van der Waals surface area contributed by atoms with Gasteiger partial charge in [0.25, 0.3) is 0 Å². The van der Waals surface area contributed by atoms with Crippen molar-refractivity contribution < 1.29 is 14.3 Å². The summed E-state index contributed by atoms with van der Waals surface area (Å²) >= 11 is 0. The summed E-state index contributed by atoms with van der Waals surface area (Å²) in [6, 6.07) is 7.48. The van der Waals surface area contributed by atoms with E-state index in [0.717, 1.165) is 48.4 Å². The number of nitrogens with one attached hydrogen (secondary N) is 3. The van der Waals surface area contributed by atoms with Crippen LogP contribution in [0.4, 0.5) is 17.6 Å². The van der Waals surface area contributed by atoms with E-state index in [-0.39, 0.29) is 23.8 Å². The first-order valence-electron chi connectivity index (χ1n) is 14.0. The van der Waals surface area contributed by atoms with Crippen LogP contribution in [-0.4, -0.2) is 68.1 Å². The van der Waals surface area contributed by atoms with E-state index in [9.17, 15) is 9.59 Å². The Hall–Kier alpha value is -3.99. The Morgan fingerprint density at radius 1 is 1.15 bits per heavy atom. The smallest absolute Gasteiger partial charge is 0.247 e. The number of allylic oxidation sites excluding steroid dienone is 1. The van der Waals surface area contributed by atoms with Gasteiger partial charge < -0.3 is 25.6 Å². The first kappa shape index (κ1) is 27.6. The van der Waals surface area contributed by atoms with Crippen LogP contribution in [0.3, 0.4) is 0 Å². The van der Waals surface area contributed by atoms with Crippen LogP contribution in [0.1, 0.15) is 64.0 Å². The molecular formula is C29H38N8O3. The molecule has 5 rings (SSSR count). The van der Waals surface area contributed by atoms with Gasteiger partial charge in [0.15, 0.2) is 5.65 Å². The quantitative estimate of drug-likeness (QED) is 0.345. The van der Waals surface area contributed by atoms with Gasteiger partial charge >= 0.3 is 0 Å². The predicted molar refractivity (Wildman–Crippen MR) is 154 cm³/mol. The van der Waals surface area contributed by atoms with Crippen LogP contribution < -0.4 is 16.0 Å². The molecule has 0 spiro atoms. The maximum atomic E-state index is 12.9. The Morgan fingerprint density at radius 3 is 2.65 bits per heavy atom. The van der Waals surface area contributed by atoms with E-state index in [1.165, 1.54) is 0 Å². The third-order valence-electron chi connectivity index (χ3n) is 7.23. The van der Waals surface area contributed by atoms with Crippen molar-refractivity contribution in [2.24, 2.45) is 0 Å². The summed E-state index contributed by atoms with van der Waals surface area (Å²) in [6.07, 6.45) is 5.90. The molecule has 3 aromatic rings. The molecule has 2 saturated heterocycles. The molecule has 0 radical (unpaired) electrons. The summed E-state index contributed by atoms with van der Waals surface area (Å²) in [6.45, 7) is 10.5. The van der Waals surface area contributed by atoms with Crippen molar-refractivity contribution in [3.63, 3.8) is 0 Å². The number of amides is 2. The maximum absolute atomic E-state index is 12.9. The highest BCUT2D eigenvalue weighted by atomic mass is 16.5. The van der Waals surface area contributed by atoms with Crippen molar-refractivity contribution in [1.29, 1.82) is 0 Å². The lowest BCUT2D eigenvalue weighted by molar-refractivity contribution is -0.141. The lowest BCUT2D eigenvalue weighted by Crippen LogP contribution is -2.56. The predicted octanol–water partition coefficient (Wildman–Crippen LogP) is 3.96. The Labute approximate surface area is 234 Å². The summed E-state index contributed by atoms with van der Waals surface area (Å²) in [7, 11) is 0. The number of carbonyl (C=O) groups excluding carboxylic acids is 2. The number of aromatic nitrogens is 4. The van der Waals surface area contributed by atoms with Gasteiger partial charge in [-0.1, -0.05) is 31.6 Å². The number of nitrogens with zero attached hydrogens (tertiary/aromatic N) is 5. The molecule has 40 heavy (non-hydrogen) atoms. The van der Waals surface area contributed by atoms with E-state index in [4.69, 9.17) is 14.7 Å². The van der Waals surface area contributed by atoms with Gasteiger partial charge in [0.05, 0.1) is 6.20 Å². The van der Waals surface area contributed by atoms with E-state index >= 15 is 0 Å². The summed E-state index contributed by atoms with van der Waals surface area (Å²) in [5, 5.41) is 14.4. The number of likely N-dealkylation sites (tertiary alicyclic amines) is 1. The van der Waals surface area contributed by atoms with Crippen molar-refractivity contribution in [3.8, 4) is 0 Å². The number of ether oxygens (including phenoxy) is 1. The van der Waals surface area contributed by atoms with Gasteiger partial charge in [-0.05, 0) is 56.7 Å². The third-order valence-corrected chi connectivity index (χ3v) is 7.23. The number of anilines is 3. The molecule has 11 heteroatoms. The molecule has 0 saturated carbocycles. The molecule has 2 aliphatic heterocycles. The molecule has 4 heterocycles. The lowest BCUT2D eigenvalue weighted by atomic mass is 10.0. The van der Waals surface area contributed by atoms with Crippen LogP contribution in [-0.2, 0) is 20.9 Å². The average molecular weight is 547 g/mol. The Kier molecular flexibility index (Phi) is 8.29. The normalized spacial score (nSPS) is 17.4. The number of rotatable bonds is 9. The molecular weight excluding hydrogens is 508 g/mol. The molecule has 2 amide bonds. The summed E-state index contributed by atoms with van der Waals surface area (Å²) in [5.41, 5.74) is 4.39. The van der Waals surface area contributed by atoms with Crippen molar-refractivity contribution in [2.45, 2.75) is 71.5 Å². The van der Waals surface area contributed by atoms with Crippen molar-refractivity contribution >= 4 is 35.0 Å². The van der Waals surface area contributed by atoms with Crippen LogP contribution in [0.25, 0.3) is 5.65 Å². The molecule has 1 atom stereocenters. The van der Waals surface area contributed by atoms with Gasteiger partial charge in [0.2, 0.25) is 23.7 Å². The van der Waals surface area contributed by atoms with Crippen LogP contribution >= 0.6 is 0 Å². The van der Waals surface area contributed by atoms with Crippen molar-refractivity contribution in [1.82, 2.24) is 24.5 Å². The van der Waals surface area contributed by atoms with Gasteiger partial charge in [-0.25, -0.2) is 0 Å². The fraction of sp³-hybridized carbons (Fsp3) is 0.483. The monoisotopic (exact) mass is 546 g/mol. The number of hydrogen-bond acceptors (Lipinski definition) is 8. The van der Waals surface area contributed by atoms with Crippen molar-refractivity contribution in [2.75, 3.05) is 35.7 Å². The average Bonchev–Trinajstić information content (AvgIpc) is 3.31. The summed E-state index contributed by atoms with van der Waals surface area (Å²) < 4.78 is 7.23. The number of hydrogen-bond donors (Lipinski definition) is 3. The molecule has 0 bridgehead atoms. The molecule has 2 aliphatic rings. The van der Waals surface area contributed by atoms with Gasteiger partial charge in [0.1, 0.15) is 6.04 Å². The highest BCUT2D eigenvalue weighted by Gasteiger charge is 2.36. The van der Waals surface area contributed by atoms with E-state index < -0.39 is 6.04 Å². The molecule has 0 aliphatic carbocycles. The van der Waals surface area contributed by atoms with E-state index in [1.807, 2.05) is 44.3 Å². The second kappa shape index (κ2) is 12.0. The molecule has 1 aromatic carbocycles. The zero-order chi connectivity index (χ0) is 28.2. The molecule has 11 nitrogen and oxygen atoms in total. The fourth-order valence-corrected chi connectivity index (χ4v) is 4.92. The van der Waals surface area contributed by atoms with Crippen LogP contribution in [0.2, 0.25) is 0 Å². The topological polar surface area (TPSA) is 126 Å². The molecule has 1 unspecified atom stereocenters. The summed E-state index contributed by atoms with van der Waals surface area (Å²) in [5.74, 6) is 1.12. The first-order valence-corrected chi connectivity index (χ1v) is 14.0. The van der Waals surface area contributed by atoms with E-state index in [0.29, 0.717) is 37.1 Å². The zero-order valence-corrected chi connectivity index (χ0v) is 23.6. The largest absolute Gasteiger partial charge is 0.381 e.